The number of anilines is 1. The van der Waals surface area contributed by atoms with E-state index < -0.39 is 6.10 Å². The highest BCUT2D eigenvalue weighted by Gasteiger charge is 2.21. The van der Waals surface area contributed by atoms with Gasteiger partial charge in [-0.15, -0.1) is 0 Å². The van der Waals surface area contributed by atoms with Gasteiger partial charge in [-0.2, -0.15) is 0 Å². The summed E-state index contributed by atoms with van der Waals surface area (Å²) in [7, 11) is 1.61. The van der Waals surface area contributed by atoms with Crippen molar-refractivity contribution in [2.75, 3.05) is 12.4 Å². The van der Waals surface area contributed by atoms with E-state index in [1.54, 1.807) is 14.0 Å². The maximum atomic E-state index is 12.6. The van der Waals surface area contributed by atoms with Crippen LogP contribution in [0.4, 0.5) is 5.82 Å². The van der Waals surface area contributed by atoms with Crippen molar-refractivity contribution in [1.29, 1.82) is 0 Å². The number of benzene rings is 2. The highest BCUT2D eigenvalue weighted by atomic mass is 16.6. The fourth-order valence-electron chi connectivity index (χ4n) is 2.75. The Balaban J connectivity index is 1.73. The van der Waals surface area contributed by atoms with Crippen molar-refractivity contribution >= 4 is 11.7 Å². The van der Waals surface area contributed by atoms with E-state index in [2.05, 4.69) is 15.6 Å². The summed E-state index contributed by atoms with van der Waals surface area (Å²) >= 11 is 0. The molecule has 1 N–H and O–H groups in total. The van der Waals surface area contributed by atoms with Gasteiger partial charge in [-0.25, -0.2) is 4.63 Å². The van der Waals surface area contributed by atoms with Crippen LogP contribution in [0.5, 0.6) is 11.5 Å². The second kappa shape index (κ2) is 8.12. The molecule has 0 radical (unpaired) electrons. The first-order valence-corrected chi connectivity index (χ1v) is 8.91. The number of methoxy groups -OCH3 is 1. The van der Waals surface area contributed by atoms with Crippen LogP contribution in [0.25, 0.3) is 11.3 Å². The summed E-state index contributed by atoms with van der Waals surface area (Å²) in [6.07, 6.45) is -0.718. The Labute approximate surface area is 163 Å². The summed E-state index contributed by atoms with van der Waals surface area (Å²) in [5.74, 6) is 1.29. The SMILES string of the molecule is COc1ccc(-c2nonc2NC(=O)C(C)Oc2ccc(C)c(C)c2)cc1C. The smallest absolute Gasteiger partial charge is 0.266 e. The number of ether oxygens (including phenoxy) is 2. The number of amides is 1. The minimum absolute atomic E-state index is 0.241. The van der Waals surface area contributed by atoms with Crippen LogP contribution in [0.2, 0.25) is 0 Å². The molecule has 1 unspecified atom stereocenters. The minimum atomic E-state index is -0.718. The van der Waals surface area contributed by atoms with Crippen molar-refractivity contribution in [3.63, 3.8) is 0 Å². The van der Waals surface area contributed by atoms with Crippen molar-refractivity contribution in [2.24, 2.45) is 0 Å². The molecule has 0 aliphatic carbocycles. The molecular weight excluding hydrogens is 358 g/mol. The monoisotopic (exact) mass is 381 g/mol. The maximum absolute atomic E-state index is 12.6. The normalized spacial score (nSPS) is 11.8. The quantitative estimate of drug-likeness (QED) is 0.692. The summed E-state index contributed by atoms with van der Waals surface area (Å²) in [5.41, 5.74) is 4.40. The summed E-state index contributed by atoms with van der Waals surface area (Å²) in [4.78, 5) is 12.6. The lowest BCUT2D eigenvalue weighted by molar-refractivity contribution is -0.122. The largest absolute Gasteiger partial charge is 0.496 e. The van der Waals surface area contributed by atoms with Crippen molar-refractivity contribution in [2.45, 2.75) is 33.8 Å². The number of rotatable bonds is 6. The molecule has 0 aliphatic rings. The number of carbonyl (C=O) groups is 1. The lowest BCUT2D eigenvalue weighted by Gasteiger charge is -2.15. The van der Waals surface area contributed by atoms with Gasteiger partial charge in [0.15, 0.2) is 11.8 Å². The van der Waals surface area contributed by atoms with E-state index in [1.165, 1.54) is 0 Å². The molecule has 1 amide bonds. The maximum Gasteiger partial charge on any atom is 0.266 e. The van der Waals surface area contributed by atoms with E-state index in [0.717, 1.165) is 28.0 Å². The van der Waals surface area contributed by atoms with Crippen LogP contribution in [-0.2, 0) is 4.79 Å². The highest BCUT2D eigenvalue weighted by molar-refractivity contribution is 5.96. The van der Waals surface area contributed by atoms with E-state index in [1.807, 2.05) is 57.2 Å². The number of hydrogen-bond donors (Lipinski definition) is 1. The van der Waals surface area contributed by atoms with E-state index in [4.69, 9.17) is 14.1 Å². The summed E-state index contributed by atoms with van der Waals surface area (Å²) in [6, 6.07) is 11.3. The van der Waals surface area contributed by atoms with Gasteiger partial charge in [0.05, 0.1) is 7.11 Å². The van der Waals surface area contributed by atoms with Crippen LogP contribution in [0.15, 0.2) is 41.0 Å². The Hall–Kier alpha value is -3.35. The van der Waals surface area contributed by atoms with Crippen molar-refractivity contribution in [3.8, 4) is 22.8 Å². The molecule has 1 aromatic heterocycles. The molecular formula is C21H23N3O4. The Morgan fingerprint density at radius 3 is 2.50 bits per heavy atom. The second-order valence-corrected chi connectivity index (χ2v) is 6.64. The van der Waals surface area contributed by atoms with Gasteiger partial charge >= 0.3 is 0 Å². The fourth-order valence-corrected chi connectivity index (χ4v) is 2.75. The van der Waals surface area contributed by atoms with Gasteiger partial charge in [0.25, 0.3) is 5.91 Å². The lowest BCUT2D eigenvalue weighted by atomic mass is 10.1. The van der Waals surface area contributed by atoms with E-state index in [-0.39, 0.29) is 11.7 Å². The highest BCUT2D eigenvalue weighted by Crippen LogP contribution is 2.29. The molecule has 0 fully saturated rings. The van der Waals surface area contributed by atoms with Gasteiger partial charge in [-0.3, -0.25) is 4.79 Å². The van der Waals surface area contributed by atoms with Crippen LogP contribution in [0, 0.1) is 20.8 Å². The summed E-state index contributed by atoms with van der Waals surface area (Å²) in [6.45, 7) is 7.62. The molecule has 7 heteroatoms. The number of aromatic nitrogens is 2. The predicted molar refractivity (Wildman–Crippen MR) is 106 cm³/mol. The first-order chi connectivity index (χ1) is 13.4. The number of nitrogens with zero attached hydrogens (tertiary/aromatic N) is 2. The van der Waals surface area contributed by atoms with Crippen LogP contribution < -0.4 is 14.8 Å². The Kier molecular flexibility index (Phi) is 5.63. The van der Waals surface area contributed by atoms with E-state index >= 15 is 0 Å². The van der Waals surface area contributed by atoms with Crippen LogP contribution in [0.3, 0.4) is 0 Å². The lowest BCUT2D eigenvalue weighted by Crippen LogP contribution is -2.30. The topological polar surface area (TPSA) is 86.5 Å². The zero-order valence-electron chi connectivity index (χ0n) is 16.6. The van der Waals surface area contributed by atoms with Crippen LogP contribution in [-0.4, -0.2) is 29.4 Å². The third-order valence-corrected chi connectivity index (χ3v) is 4.56. The average Bonchev–Trinajstić information content (AvgIpc) is 3.12. The molecule has 0 spiro atoms. The van der Waals surface area contributed by atoms with Gasteiger partial charge in [-0.05, 0) is 85.0 Å². The summed E-state index contributed by atoms with van der Waals surface area (Å²) < 4.78 is 15.9. The predicted octanol–water partition coefficient (Wildman–Crippen LogP) is 4.08. The number of nitrogens with one attached hydrogen (secondary N) is 1. The average molecular weight is 381 g/mol. The van der Waals surface area contributed by atoms with Gasteiger partial charge < -0.3 is 14.8 Å². The molecule has 3 aromatic rings. The fraction of sp³-hybridized carbons (Fsp3) is 0.286. The number of hydrogen-bond acceptors (Lipinski definition) is 6. The Morgan fingerprint density at radius 1 is 1.04 bits per heavy atom. The molecule has 3 rings (SSSR count). The standard InChI is InChI=1S/C21H23N3O4/c1-12-6-8-17(11-13(12)2)27-15(4)21(25)22-20-19(23-28-24-20)16-7-9-18(26-5)14(3)10-16/h6-11,15H,1-5H3,(H,22,24,25). The van der Waals surface area contributed by atoms with Crippen molar-refractivity contribution < 1.29 is 18.9 Å². The van der Waals surface area contributed by atoms with Crippen LogP contribution in [0.1, 0.15) is 23.6 Å². The van der Waals surface area contributed by atoms with E-state index in [9.17, 15) is 4.79 Å². The molecule has 7 nitrogen and oxygen atoms in total. The van der Waals surface area contributed by atoms with Crippen molar-refractivity contribution in [3.05, 3.63) is 53.1 Å². The molecule has 28 heavy (non-hydrogen) atoms. The Morgan fingerprint density at radius 2 is 1.82 bits per heavy atom. The van der Waals surface area contributed by atoms with Gasteiger partial charge in [0, 0.05) is 5.56 Å². The van der Waals surface area contributed by atoms with Gasteiger partial charge in [0.2, 0.25) is 5.82 Å². The van der Waals surface area contributed by atoms with Gasteiger partial charge in [-0.1, -0.05) is 6.07 Å². The van der Waals surface area contributed by atoms with E-state index in [0.29, 0.717) is 11.4 Å². The molecule has 0 bridgehead atoms. The zero-order valence-corrected chi connectivity index (χ0v) is 16.6. The molecule has 0 saturated carbocycles. The second-order valence-electron chi connectivity index (χ2n) is 6.64. The van der Waals surface area contributed by atoms with Gasteiger partial charge in [0.1, 0.15) is 11.5 Å². The molecule has 1 atom stereocenters. The molecule has 1 heterocycles. The number of carbonyl (C=O) groups excluding carboxylic acids is 1. The molecule has 2 aromatic carbocycles. The third kappa shape index (κ3) is 4.14. The third-order valence-electron chi connectivity index (χ3n) is 4.56. The zero-order chi connectivity index (χ0) is 20.3. The molecule has 146 valence electrons. The molecule has 0 aliphatic heterocycles. The molecule has 0 saturated heterocycles. The first-order valence-electron chi connectivity index (χ1n) is 8.91. The minimum Gasteiger partial charge on any atom is -0.496 e. The Bertz CT molecular complexity index is 997. The summed E-state index contributed by atoms with van der Waals surface area (Å²) in [5, 5.41) is 10.5. The first kappa shape index (κ1) is 19.4. The van der Waals surface area contributed by atoms with Crippen LogP contribution >= 0.6 is 0 Å². The number of aryl methyl sites for hydroxylation is 3. The van der Waals surface area contributed by atoms with Crippen molar-refractivity contribution in [1.82, 2.24) is 10.3 Å².